The molecule has 2 aromatic rings. The molecule has 0 aliphatic carbocycles. The Morgan fingerprint density at radius 1 is 1.33 bits per heavy atom. The molecule has 1 unspecified atom stereocenters. The third-order valence-electron chi connectivity index (χ3n) is 3.35. The molecular weight excluding hydrogens is 242 g/mol. The third-order valence-corrected chi connectivity index (χ3v) is 3.98. The van der Waals surface area contributed by atoms with E-state index >= 15 is 0 Å². The van der Waals surface area contributed by atoms with Crippen LogP contribution in [0.1, 0.15) is 16.8 Å². The number of hydrogen-bond donors (Lipinski definition) is 2. The summed E-state index contributed by atoms with van der Waals surface area (Å²) in [5, 5.41) is 9.14. The summed E-state index contributed by atoms with van der Waals surface area (Å²) in [6.45, 7) is 2.84. The first kappa shape index (κ1) is 11.8. The van der Waals surface area contributed by atoms with Crippen molar-refractivity contribution in [1.29, 1.82) is 0 Å². The molecule has 0 saturated carbocycles. The zero-order chi connectivity index (χ0) is 12.2. The zero-order valence-corrected chi connectivity index (χ0v) is 11.0. The van der Waals surface area contributed by atoms with Crippen LogP contribution in [0.4, 0.5) is 0 Å². The van der Waals surface area contributed by atoms with Gasteiger partial charge in [0.25, 0.3) is 0 Å². The van der Waals surface area contributed by atoms with Crippen molar-refractivity contribution in [2.75, 3.05) is 6.54 Å². The fourth-order valence-electron chi connectivity index (χ4n) is 2.36. The number of hydrogen-bond acceptors (Lipinski definition) is 4. The van der Waals surface area contributed by atoms with Gasteiger partial charge < -0.3 is 10.6 Å². The topological polar surface area (TPSA) is 37.0 Å². The Morgan fingerprint density at radius 2 is 2.22 bits per heavy atom. The molecule has 1 atom stereocenters. The summed E-state index contributed by atoms with van der Waals surface area (Å²) in [7, 11) is 0. The molecule has 94 valence electrons. The molecule has 1 aliphatic rings. The van der Waals surface area contributed by atoms with Gasteiger partial charge in [-0.3, -0.25) is 0 Å². The van der Waals surface area contributed by atoms with E-state index in [1.54, 1.807) is 11.3 Å². The SMILES string of the molecule is c1ccc2c(c1)CNC(CNCc1cscn1)C2. The lowest BCUT2D eigenvalue weighted by Gasteiger charge is -2.26. The number of rotatable bonds is 4. The number of thiazole rings is 1. The highest BCUT2D eigenvalue weighted by Crippen LogP contribution is 2.15. The molecule has 0 saturated heterocycles. The lowest BCUT2D eigenvalue weighted by molar-refractivity contribution is 0.446. The maximum Gasteiger partial charge on any atom is 0.0795 e. The van der Waals surface area contributed by atoms with Crippen LogP contribution >= 0.6 is 11.3 Å². The Bertz CT molecular complexity index is 496. The van der Waals surface area contributed by atoms with E-state index in [9.17, 15) is 0 Å². The lowest BCUT2D eigenvalue weighted by atomic mass is 9.96. The van der Waals surface area contributed by atoms with Gasteiger partial charge in [-0.15, -0.1) is 11.3 Å². The van der Waals surface area contributed by atoms with Crippen molar-refractivity contribution in [1.82, 2.24) is 15.6 Å². The van der Waals surface area contributed by atoms with Gasteiger partial charge in [0.2, 0.25) is 0 Å². The zero-order valence-electron chi connectivity index (χ0n) is 10.2. The molecule has 1 aromatic carbocycles. The van der Waals surface area contributed by atoms with Crippen LogP contribution in [0.15, 0.2) is 35.2 Å². The summed E-state index contributed by atoms with van der Waals surface area (Å²) < 4.78 is 0. The average molecular weight is 259 g/mol. The first-order valence-corrected chi connectivity index (χ1v) is 7.24. The first-order chi connectivity index (χ1) is 8.92. The van der Waals surface area contributed by atoms with Gasteiger partial charge in [0, 0.05) is 31.1 Å². The van der Waals surface area contributed by atoms with Crippen molar-refractivity contribution < 1.29 is 0 Å². The monoisotopic (exact) mass is 259 g/mol. The average Bonchev–Trinajstić information content (AvgIpc) is 2.92. The van der Waals surface area contributed by atoms with Crippen LogP contribution < -0.4 is 10.6 Å². The van der Waals surface area contributed by atoms with Crippen molar-refractivity contribution in [3.8, 4) is 0 Å². The Balaban J connectivity index is 1.51. The van der Waals surface area contributed by atoms with Gasteiger partial charge in [0.15, 0.2) is 0 Å². The van der Waals surface area contributed by atoms with Gasteiger partial charge in [0.1, 0.15) is 0 Å². The van der Waals surface area contributed by atoms with E-state index in [0.29, 0.717) is 6.04 Å². The normalized spacial score (nSPS) is 18.6. The van der Waals surface area contributed by atoms with Gasteiger partial charge in [0.05, 0.1) is 11.2 Å². The molecule has 1 aliphatic heterocycles. The highest BCUT2D eigenvalue weighted by atomic mass is 32.1. The summed E-state index contributed by atoms with van der Waals surface area (Å²) in [6.07, 6.45) is 1.11. The van der Waals surface area contributed by atoms with Gasteiger partial charge in [-0.05, 0) is 17.5 Å². The van der Waals surface area contributed by atoms with Gasteiger partial charge in [-0.25, -0.2) is 4.98 Å². The standard InChI is InChI=1S/C14H17N3S/c1-2-4-12-6-16-13(5-11(12)3-1)7-15-8-14-9-18-10-17-14/h1-4,9-10,13,15-16H,5-8H2. The molecule has 0 radical (unpaired) electrons. The summed E-state index contributed by atoms with van der Waals surface area (Å²) in [4.78, 5) is 4.27. The van der Waals surface area contributed by atoms with Crippen molar-refractivity contribution in [2.45, 2.75) is 25.6 Å². The molecule has 0 spiro atoms. The summed E-state index contributed by atoms with van der Waals surface area (Å²) >= 11 is 1.65. The molecular formula is C14H17N3S. The molecule has 0 bridgehead atoms. The van der Waals surface area contributed by atoms with Gasteiger partial charge >= 0.3 is 0 Å². The van der Waals surface area contributed by atoms with Crippen molar-refractivity contribution in [3.05, 3.63) is 52.0 Å². The second-order valence-corrected chi connectivity index (χ2v) is 5.38. The molecule has 2 N–H and O–H groups in total. The Kier molecular flexibility index (Phi) is 3.69. The van der Waals surface area contributed by atoms with Crippen LogP contribution in [-0.2, 0) is 19.5 Å². The summed E-state index contributed by atoms with van der Waals surface area (Å²) in [5.74, 6) is 0. The van der Waals surface area contributed by atoms with Crippen molar-refractivity contribution in [3.63, 3.8) is 0 Å². The predicted molar refractivity (Wildman–Crippen MR) is 74.6 cm³/mol. The van der Waals surface area contributed by atoms with Crippen molar-refractivity contribution in [2.24, 2.45) is 0 Å². The van der Waals surface area contributed by atoms with E-state index in [1.807, 2.05) is 5.51 Å². The van der Waals surface area contributed by atoms with Crippen LogP contribution in [0.5, 0.6) is 0 Å². The Hall–Kier alpha value is -1.23. The maximum absolute atomic E-state index is 4.27. The highest BCUT2D eigenvalue weighted by Gasteiger charge is 2.16. The van der Waals surface area contributed by atoms with E-state index in [1.165, 1.54) is 11.1 Å². The minimum Gasteiger partial charge on any atom is -0.310 e. The molecule has 0 amide bonds. The van der Waals surface area contributed by atoms with Crippen LogP contribution in [0.3, 0.4) is 0 Å². The first-order valence-electron chi connectivity index (χ1n) is 6.30. The van der Waals surface area contributed by atoms with E-state index in [-0.39, 0.29) is 0 Å². The highest BCUT2D eigenvalue weighted by molar-refractivity contribution is 7.07. The lowest BCUT2D eigenvalue weighted by Crippen LogP contribution is -2.42. The number of nitrogens with one attached hydrogen (secondary N) is 2. The number of aromatic nitrogens is 1. The molecule has 2 heterocycles. The third kappa shape index (κ3) is 2.77. The number of nitrogens with zero attached hydrogens (tertiary/aromatic N) is 1. The predicted octanol–water partition coefficient (Wildman–Crippen LogP) is 1.95. The van der Waals surface area contributed by atoms with Crippen LogP contribution in [-0.4, -0.2) is 17.6 Å². The van der Waals surface area contributed by atoms with Crippen molar-refractivity contribution >= 4 is 11.3 Å². The van der Waals surface area contributed by atoms with Crippen LogP contribution in [0.2, 0.25) is 0 Å². The Morgan fingerprint density at radius 3 is 3.06 bits per heavy atom. The Labute approximate surface area is 111 Å². The second kappa shape index (κ2) is 5.61. The van der Waals surface area contributed by atoms with E-state index in [4.69, 9.17) is 0 Å². The summed E-state index contributed by atoms with van der Waals surface area (Å²) in [6, 6.07) is 9.22. The largest absolute Gasteiger partial charge is 0.310 e. The summed E-state index contributed by atoms with van der Waals surface area (Å²) in [5.41, 5.74) is 5.94. The molecule has 18 heavy (non-hydrogen) atoms. The maximum atomic E-state index is 4.27. The second-order valence-electron chi connectivity index (χ2n) is 4.66. The molecule has 1 aromatic heterocycles. The smallest absolute Gasteiger partial charge is 0.0795 e. The number of fused-ring (bicyclic) bond motifs is 1. The molecule has 4 heteroatoms. The molecule has 3 rings (SSSR count). The quantitative estimate of drug-likeness (QED) is 0.881. The molecule has 3 nitrogen and oxygen atoms in total. The van der Waals surface area contributed by atoms with E-state index < -0.39 is 0 Å². The number of benzene rings is 1. The fourth-order valence-corrected chi connectivity index (χ4v) is 2.92. The minimum atomic E-state index is 0.526. The van der Waals surface area contributed by atoms with Crippen LogP contribution in [0, 0.1) is 0 Å². The van der Waals surface area contributed by atoms with Gasteiger partial charge in [-0.1, -0.05) is 24.3 Å². The minimum absolute atomic E-state index is 0.526. The molecule has 0 fully saturated rings. The van der Waals surface area contributed by atoms with E-state index in [0.717, 1.165) is 31.7 Å². The van der Waals surface area contributed by atoms with E-state index in [2.05, 4.69) is 45.3 Å². The van der Waals surface area contributed by atoms with Crippen LogP contribution in [0.25, 0.3) is 0 Å². The van der Waals surface area contributed by atoms with Gasteiger partial charge in [-0.2, -0.15) is 0 Å². The fraction of sp³-hybridized carbons (Fsp3) is 0.357.